The second kappa shape index (κ2) is 4.15. The van der Waals surface area contributed by atoms with Crippen LogP contribution in [0, 0.1) is 29.6 Å². The van der Waals surface area contributed by atoms with Gasteiger partial charge in [-0.2, -0.15) is 0 Å². The molecule has 4 rings (SSSR count). The highest BCUT2D eigenvalue weighted by Gasteiger charge is 2.48. The Bertz CT molecular complexity index is 328. The van der Waals surface area contributed by atoms with Crippen molar-refractivity contribution in [1.82, 2.24) is 0 Å². The van der Waals surface area contributed by atoms with E-state index in [2.05, 4.69) is 0 Å². The van der Waals surface area contributed by atoms with Crippen molar-refractivity contribution in [3.05, 3.63) is 11.6 Å². The molecule has 17 heavy (non-hydrogen) atoms. The highest BCUT2D eigenvalue weighted by Crippen LogP contribution is 2.57. The van der Waals surface area contributed by atoms with E-state index in [4.69, 9.17) is 5.11 Å². The highest BCUT2D eigenvalue weighted by molar-refractivity contribution is 5.86. The lowest BCUT2D eigenvalue weighted by atomic mass is 9.51. The van der Waals surface area contributed by atoms with Crippen molar-refractivity contribution in [2.75, 3.05) is 0 Å². The molecular formula is C15H22O2. The molecule has 0 aromatic carbocycles. The molecule has 4 aliphatic rings. The number of carboxylic acids is 1. The third-order valence-electron chi connectivity index (χ3n) is 5.50. The van der Waals surface area contributed by atoms with Gasteiger partial charge in [0.15, 0.2) is 0 Å². The Morgan fingerprint density at radius 2 is 1.65 bits per heavy atom. The van der Waals surface area contributed by atoms with Gasteiger partial charge in [0.2, 0.25) is 0 Å². The second-order valence-electron chi connectivity index (χ2n) is 6.42. The predicted octanol–water partition coefficient (Wildman–Crippen LogP) is 3.48. The molecule has 4 saturated carbocycles. The predicted molar refractivity (Wildman–Crippen MR) is 66.5 cm³/mol. The molecule has 0 unspecified atom stereocenters. The summed E-state index contributed by atoms with van der Waals surface area (Å²) in [5, 5.41) is 9.16. The maximum absolute atomic E-state index is 11.1. The Morgan fingerprint density at radius 1 is 1.12 bits per heavy atom. The molecule has 4 bridgehead atoms. The van der Waals surface area contributed by atoms with Gasteiger partial charge in [0.05, 0.1) is 0 Å². The Kier molecular flexibility index (Phi) is 2.76. The third kappa shape index (κ3) is 1.92. The Hall–Kier alpha value is -0.790. The van der Waals surface area contributed by atoms with Gasteiger partial charge in [-0.25, -0.2) is 4.79 Å². The van der Waals surface area contributed by atoms with Gasteiger partial charge >= 0.3 is 5.97 Å². The van der Waals surface area contributed by atoms with Crippen molar-refractivity contribution in [3.8, 4) is 0 Å². The number of aliphatic carboxylic acids is 1. The zero-order valence-electron chi connectivity index (χ0n) is 10.6. The number of rotatable bonds is 3. The first kappa shape index (κ1) is 11.3. The molecular weight excluding hydrogens is 212 g/mol. The van der Waals surface area contributed by atoms with E-state index in [1.807, 2.05) is 6.92 Å². The van der Waals surface area contributed by atoms with Crippen molar-refractivity contribution < 1.29 is 9.90 Å². The van der Waals surface area contributed by atoms with Gasteiger partial charge in [0, 0.05) is 5.57 Å². The van der Waals surface area contributed by atoms with E-state index in [1.165, 1.54) is 32.1 Å². The average molecular weight is 234 g/mol. The first-order valence-electron chi connectivity index (χ1n) is 7.05. The summed E-state index contributed by atoms with van der Waals surface area (Å²) < 4.78 is 0. The normalized spacial score (nSPS) is 44.1. The lowest BCUT2D eigenvalue weighted by Crippen LogP contribution is -2.45. The van der Waals surface area contributed by atoms with Gasteiger partial charge in [-0.15, -0.1) is 0 Å². The van der Waals surface area contributed by atoms with Crippen molar-refractivity contribution in [3.63, 3.8) is 0 Å². The van der Waals surface area contributed by atoms with Gasteiger partial charge in [-0.3, -0.25) is 0 Å². The van der Waals surface area contributed by atoms with Crippen LogP contribution in [0.3, 0.4) is 0 Å². The minimum absolute atomic E-state index is 0.641. The lowest BCUT2D eigenvalue weighted by molar-refractivity contribution is -0.133. The van der Waals surface area contributed by atoms with Crippen molar-refractivity contribution in [2.24, 2.45) is 29.6 Å². The summed E-state index contributed by atoms with van der Waals surface area (Å²) in [6, 6.07) is 0. The second-order valence-corrected chi connectivity index (χ2v) is 6.42. The molecule has 2 heteroatoms. The summed E-state index contributed by atoms with van der Waals surface area (Å²) in [7, 11) is 0. The number of allylic oxidation sites excluding steroid dienone is 1. The summed E-state index contributed by atoms with van der Waals surface area (Å²) in [4.78, 5) is 11.1. The molecule has 4 fully saturated rings. The topological polar surface area (TPSA) is 37.3 Å². The van der Waals surface area contributed by atoms with Crippen LogP contribution >= 0.6 is 0 Å². The van der Waals surface area contributed by atoms with E-state index in [0.717, 1.165) is 30.1 Å². The van der Waals surface area contributed by atoms with Crippen molar-refractivity contribution in [2.45, 2.75) is 45.4 Å². The summed E-state index contributed by atoms with van der Waals surface area (Å²) in [5.74, 6) is 3.59. The van der Waals surface area contributed by atoms with Crippen LogP contribution in [0.2, 0.25) is 0 Å². The highest BCUT2D eigenvalue weighted by atomic mass is 16.4. The first-order chi connectivity index (χ1) is 8.17. The summed E-state index contributed by atoms with van der Waals surface area (Å²) in [6.07, 6.45) is 9.62. The first-order valence-corrected chi connectivity index (χ1v) is 7.05. The fourth-order valence-corrected chi connectivity index (χ4v) is 4.95. The maximum atomic E-state index is 11.1. The smallest absolute Gasteiger partial charge is 0.331 e. The molecule has 0 atom stereocenters. The van der Waals surface area contributed by atoms with Crippen LogP contribution in [-0.4, -0.2) is 11.1 Å². The maximum Gasteiger partial charge on any atom is 0.331 e. The molecule has 0 amide bonds. The van der Waals surface area contributed by atoms with E-state index in [1.54, 1.807) is 6.08 Å². The zero-order chi connectivity index (χ0) is 12.0. The molecule has 2 nitrogen and oxygen atoms in total. The van der Waals surface area contributed by atoms with Crippen molar-refractivity contribution in [1.29, 1.82) is 0 Å². The summed E-state index contributed by atoms with van der Waals surface area (Å²) in [5.41, 5.74) is 0.641. The van der Waals surface area contributed by atoms with Crippen LogP contribution in [0.25, 0.3) is 0 Å². The average Bonchev–Trinajstić information content (AvgIpc) is 2.27. The Balaban J connectivity index is 1.74. The fourth-order valence-electron chi connectivity index (χ4n) is 4.95. The van der Waals surface area contributed by atoms with E-state index in [-0.39, 0.29) is 0 Å². The molecule has 0 aromatic rings. The number of hydrogen-bond donors (Lipinski definition) is 1. The minimum Gasteiger partial charge on any atom is -0.478 e. The molecule has 0 aliphatic heterocycles. The molecule has 1 N–H and O–H groups in total. The standard InChI is InChI=1S/C15H22O2/c1-2-11(15(16)17)8-14-12-4-9-3-10(6-12)7-13(14)5-9/h2,9-10,12-14H,3-8H2,1H3,(H,16,17)/b11-2+. The summed E-state index contributed by atoms with van der Waals surface area (Å²) in [6.45, 7) is 1.86. The molecule has 94 valence electrons. The number of carboxylic acid groups (broad SMARTS) is 1. The SMILES string of the molecule is C/C=C(\CC1C2CC3CC(C2)CC1C3)C(=O)O. The van der Waals surface area contributed by atoms with Gasteiger partial charge in [0.25, 0.3) is 0 Å². The molecule has 0 saturated heterocycles. The van der Waals surface area contributed by atoms with Crippen molar-refractivity contribution >= 4 is 5.97 Å². The van der Waals surface area contributed by atoms with Gasteiger partial charge in [0.1, 0.15) is 0 Å². The minimum atomic E-state index is -0.707. The van der Waals surface area contributed by atoms with Crippen LogP contribution in [0.4, 0.5) is 0 Å². The van der Waals surface area contributed by atoms with Crippen LogP contribution in [0.1, 0.15) is 45.4 Å². The Labute approximate surface area is 103 Å². The van der Waals surface area contributed by atoms with E-state index < -0.39 is 5.97 Å². The molecule has 0 radical (unpaired) electrons. The van der Waals surface area contributed by atoms with E-state index in [9.17, 15) is 4.79 Å². The zero-order valence-corrected chi connectivity index (χ0v) is 10.6. The van der Waals surface area contributed by atoms with E-state index >= 15 is 0 Å². The van der Waals surface area contributed by atoms with Crippen LogP contribution in [0.5, 0.6) is 0 Å². The third-order valence-corrected chi connectivity index (χ3v) is 5.50. The van der Waals surface area contributed by atoms with Crippen LogP contribution < -0.4 is 0 Å². The van der Waals surface area contributed by atoms with E-state index in [0.29, 0.717) is 11.5 Å². The lowest BCUT2D eigenvalue weighted by Gasteiger charge is -2.54. The largest absolute Gasteiger partial charge is 0.478 e. The molecule has 0 heterocycles. The fraction of sp³-hybridized carbons (Fsp3) is 0.800. The molecule has 0 spiro atoms. The van der Waals surface area contributed by atoms with Crippen LogP contribution in [0.15, 0.2) is 11.6 Å². The Morgan fingerprint density at radius 3 is 2.06 bits per heavy atom. The summed E-state index contributed by atoms with van der Waals surface area (Å²) >= 11 is 0. The van der Waals surface area contributed by atoms with Gasteiger partial charge in [-0.05, 0) is 75.0 Å². The molecule has 0 aromatic heterocycles. The van der Waals surface area contributed by atoms with Gasteiger partial charge < -0.3 is 5.11 Å². The quantitative estimate of drug-likeness (QED) is 0.759. The van der Waals surface area contributed by atoms with Gasteiger partial charge in [-0.1, -0.05) is 6.08 Å². The van der Waals surface area contributed by atoms with Crippen LogP contribution in [-0.2, 0) is 4.79 Å². The monoisotopic (exact) mass is 234 g/mol. The molecule has 4 aliphatic carbocycles. The number of carbonyl (C=O) groups is 1. The number of hydrogen-bond acceptors (Lipinski definition) is 1.